The fraction of sp³-hybridized carbons (Fsp3) is 0.167. The van der Waals surface area contributed by atoms with Gasteiger partial charge >= 0.3 is 6.03 Å². The van der Waals surface area contributed by atoms with E-state index in [0.717, 1.165) is 11.1 Å². The van der Waals surface area contributed by atoms with Gasteiger partial charge in [0.2, 0.25) is 0 Å². The fourth-order valence-electron chi connectivity index (χ4n) is 0.581. The highest BCUT2D eigenvalue weighted by atomic mass is 16.2. The van der Waals surface area contributed by atoms with Crippen LogP contribution < -0.4 is 0 Å². The number of carbonyl (C=O) groups is 2. The maximum absolute atomic E-state index is 10.6. The zero-order valence-electron chi connectivity index (χ0n) is 5.07. The van der Waals surface area contributed by atoms with Crippen molar-refractivity contribution in [1.29, 1.82) is 0 Å². The number of hydrogen-bond donors (Lipinski definition) is 0. The first kappa shape index (κ1) is 6.49. The summed E-state index contributed by atoms with van der Waals surface area (Å²) in [5.74, 6) is 1.73. The van der Waals surface area contributed by atoms with Crippen LogP contribution in [0.15, 0.2) is 4.99 Å². The van der Waals surface area contributed by atoms with Crippen LogP contribution in [0.4, 0.5) is 4.79 Å². The van der Waals surface area contributed by atoms with E-state index in [9.17, 15) is 9.59 Å². The lowest BCUT2D eigenvalue weighted by Crippen LogP contribution is -2.30. The molecule has 0 fully saturated rings. The van der Waals surface area contributed by atoms with E-state index >= 15 is 0 Å². The summed E-state index contributed by atoms with van der Waals surface area (Å²) < 4.78 is 0. The molecule has 4 nitrogen and oxygen atoms in total. The van der Waals surface area contributed by atoms with Gasteiger partial charge in [-0.2, -0.15) is 4.99 Å². The Bertz CT molecular complexity index is 231. The number of nitrogens with zero attached hydrogens (tertiary/aromatic N) is 2. The number of imide groups is 1. The largest absolute Gasteiger partial charge is 0.351 e. The first-order chi connectivity index (χ1) is 4.75. The quantitative estimate of drug-likeness (QED) is 0.463. The summed E-state index contributed by atoms with van der Waals surface area (Å²) in [5.41, 5.74) is 0. The molecule has 0 unspecified atom stereocenters. The smallest absolute Gasteiger partial charge is 0.267 e. The van der Waals surface area contributed by atoms with Gasteiger partial charge in [0, 0.05) is 0 Å². The number of rotatable bonds is 1. The van der Waals surface area contributed by atoms with Gasteiger partial charge in [-0.1, -0.05) is 5.92 Å². The second kappa shape index (κ2) is 2.31. The molecule has 1 heterocycles. The summed E-state index contributed by atoms with van der Waals surface area (Å²) in [6, 6.07) is -0.581. The van der Waals surface area contributed by atoms with E-state index in [1.54, 1.807) is 0 Å². The molecule has 0 saturated heterocycles. The summed E-state index contributed by atoms with van der Waals surface area (Å²) in [7, 11) is 0. The minimum Gasteiger partial charge on any atom is -0.267 e. The maximum atomic E-state index is 10.6. The van der Waals surface area contributed by atoms with Gasteiger partial charge in [-0.25, -0.2) is 9.69 Å². The molecule has 0 bridgehead atoms. The Hall–Kier alpha value is -1.63. The van der Waals surface area contributed by atoms with Crippen LogP contribution >= 0.6 is 0 Å². The molecule has 1 rings (SSSR count). The van der Waals surface area contributed by atoms with Gasteiger partial charge in [-0.05, 0) is 0 Å². The molecule has 4 heteroatoms. The van der Waals surface area contributed by atoms with Crippen molar-refractivity contribution in [3.05, 3.63) is 0 Å². The van der Waals surface area contributed by atoms with Gasteiger partial charge in [0.25, 0.3) is 5.91 Å². The Morgan fingerprint density at radius 2 is 2.40 bits per heavy atom. The predicted octanol–water partition coefficient (Wildman–Crippen LogP) is -0.347. The molecule has 1 aliphatic heterocycles. The Balaban J connectivity index is 2.72. The third kappa shape index (κ3) is 0.890. The minimum atomic E-state index is -0.581. The van der Waals surface area contributed by atoms with Gasteiger partial charge in [0.15, 0.2) is 0 Å². The first-order valence-electron chi connectivity index (χ1n) is 2.58. The fourth-order valence-corrected chi connectivity index (χ4v) is 0.581. The number of urea groups is 1. The highest BCUT2D eigenvalue weighted by Crippen LogP contribution is 1.98. The summed E-state index contributed by atoms with van der Waals surface area (Å²) in [6.07, 6.45) is 5.84. The van der Waals surface area contributed by atoms with Crippen molar-refractivity contribution >= 4 is 18.2 Å². The van der Waals surface area contributed by atoms with E-state index in [-0.39, 0.29) is 6.54 Å². The van der Waals surface area contributed by atoms with Crippen LogP contribution in [-0.2, 0) is 4.79 Å². The van der Waals surface area contributed by atoms with Gasteiger partial charge in [0.1, 0.15) is 0 Å². The van der Waals surface area contributed by atoms with E-state index in [2.05, 4.69) is 10.9 Å². The lowest BCUT2D eigenvalue weighted by atomic mass is 10.5. The van der Waals surface area contributed by atoms with Crippen molar-refractivity contribution in [1.82, 2.24) is 4.90 Å². The zero-order valence-corrected chi connectivity index (χ0v) is 5.07. The van der Waals surface area contributed by atoms with E-state index in [1.807, 2.05) is 0 Å². The third-order valence-electron chi connectivity index (χ3n) is 1.03. The number of hydrogen-bond acceptors (Lipinski definition) is 2. The summed E-state index contributed by atoms with van der Waals surface area (Å²) in [5, 5.41) is 0. The summed E-state index contributed by atoms with van der Waals surface area (Å²) >= 11 is 0. The molecule has 10 heavy (non-hydrogen) atoms. The molecule has 0 N–H and O–H groups in total. The Labute approximate surface area is 57.5 Å². The number of aliphatic imine (C=N–C) groups is 1. The van der Waals surface area contributed by atoms with Crippen molar-refractivity contribution in [2.45, 2.75) is 0 Å². The second-order valence-electron chi connectivity index (χ2n) is 1.67. The molecular formula is C6H4N2O2. The second-order valence-corrected chi connectivity index (χ2v) is 1.67. The van der Waals surface area contributed by atoms with Crippen molar-refractivity contribution in [3.8, 4) is 12.3 Å². The monoisotopic (exact) mass is 136 g/mol. The Kier molecular flexibility index (Phi) is 1.50. The van der Waals surface area contributed by atoms with Crippen molar-refractivity contribution < 1.29 is 9.59 Å². The van der Waals surface area contributed by atoms with Crippen LogP contribution in [0.25, 0.3) is 0 Å². The number of amides is 3. The van der Waals surface area contributed by atoms with Crippen LogP contribution in [0.2, 0.25) is 0 Å². The van der Waals surface area contributed by atoms with E-state index in [0.29, 0.717) is 0 Å². The highest BCUT2D eigenvalue weighted by molar-refractivity contribution is 6.35. The third-order valence-corrected chi connectivity index (χ3v) is 1.03. The summed E-state index contributed by atoms with van der Waals surface area (Å²) in [6.45, 7) is -0.00231. The molecule has 3 amide bonds. The first-order valence-corrected chi connectivity index (χ1v) is 2.58. The topological polar surface area (TPSA) is 49.7 Å². The van der Waals surface area contributed by atoms with Gasteiger partial charge < -0.3 is 0 Å². The van der Waals surface area contributed by atoms with Crippen molar-refractivity contribution in [2.75, 3.05) is 6.54 Å². The number of carbonyl (C=O) groups excluding carboxylic acids is 2. The molecule has 0 aromatic rings. The average molecular weight is 136 g/mol. The van der Waals surface area contributed by atoms with Crippen LogP contribution in [0.5, 0.6) is 0 Å². The van der Waals surface area contributed by atoms with E-state index in [1.165, 1.54) is 0 Å². The Morgan fingerprint density at radius 1 is 1.70 bits per heavy atom. The lowest BCUT2D eigenvalue weighted by molar-refractivity contribution is -0.119. The maximum Gasteiger partial charge on any atom is 0.351 e. The molecule has 0 aromatic heterocycles. The Morgan fingerprint density at radius 3 is 2.80 bits per heavy atom. The molecular weight excluding hydrogens is 132 g/mol. The van der Waals surface area contributed by atoms with Crippen molar-refractivity contribution in [3.63, 3.8) is 0 Å². The normalized spacial score (nSPS) is 16.1. The highest BCUT2D eigenvalue weighted by Gasteiger charge is 2.23. The molecule has 1 aliphatic rings. The zero-order chi connectivity index (χ0) is 7.56. The van der Waals surface area contributed by atoms with Gasteiger partial charge in [0.05, 0.1) is 12.8 Å². The number of terminal acetylenes is 1. The summed E-state index contributed by atoms with van der Waals surface area (Å²) in [4.78, 5) is 25.3. The lowest BCUT2D eigenvalue weighted by Gasteiger charge is -2.05. The van der Waals surface area contributed by atoms with E-state index in [4.69, 9.17) is 6.42 Å². The molecule has 0 radical (unpaired) electrons. The SMILES string of the molecule is C#CCN1C(=O)C=NC1=O. The van der Waals surface area contributed by atoms with Crippen LogP contribution in [-0.4, -0.2) is 29.6 Å². The van der Waals surface area contributed by atoms with Crippen LogP contribution in [0, 0.1) is 12.3 Å². The van der Waals surface area contributed by atoms with Crippen LogP contribution in [0.1, 0.15) is 0 Å². The molecule has 50 valence electrons. The van der Waals surface area contributed by atoms with E-state index < -0.39 is 11.9 Å². The van der Waals surface area contributed by atoms with Crippen molar-refractivity contribution in [2.24, 2.45) is 4.99 Å². The van der Waals surface area contributed by atoms with Gasteiger partial charge in [-0.15, -0.1) is 6.42 Å². The molecule has 0 saturated carbocycles. The molecule has 0 atom stereocenters. The molecule has 0 aliphatic carbocycles. The average Bonchev–Trinajstić information content (AvgIpc) is 2.20. The van der Waals surface area contributed by atoms with Crippen LogP contribution in [0.3, 0.4) is 0 Å². The molecule has 0 spiro atoms. The standard InChI is InChI=1S/C6H4N2O2/c1-2-3-8-5(9)4-7-6(8)10/h1,4H,3H2. The minimum absolute atomic E-state index is 0.00231. The molecule has 0 aromatic carbocycles. The predicted molar refractivity (Wildman–Crippen MR) is 34.4 cm³/mol. The van der Waals surface area contributed by atoms with Gasteiger partial charge in [-0.3, -0.25) is 4.79 Å².